The molecule has 2 rings (SSSR count). The van der Waals surface area contributed by atoms with Crippen molar-refractivity contribution in [3.05, 3.63) is 11.4 Å². The zero-order valence-electron chi connectivity index (χ0n) is 10.9. The molecular weight excluding hydrogens is 248 g/mol. The second-order valence-electron chi connectivity index (χ2n) is 4.62. The normalized spacial score (nSPS) is 16.8. The number of carbonyl (C=O) groups excluding carboxylic acids is 1. The molecule has 1 aliphatic heterocycles. The number of rotatable bonds is 4. The molecule has 1 aromatic heterocycles. The minimum Gasteiger partial charge on any atom is -0.322 e. The zero-order valence-corrected chi connectivity index (χ0v) is 11.7. The van der Waals surface area contributed by atoms with Crippen molar-refractivity contribution in [1.29, 1.82) is 0 Å². The highest BCUT2D eigenvalue weighted by molar-refractivity contribution is 8.00. The fourth-order valence-corrected chi connectivity index (χ4v) is 3.09. The number of hydrogen-bond acceptors (Lipinski definition) is 4. The lowest BCUT2D eigenvalue weighted by Gasteiger charge is -2.21. The molecule has 0 radical (unpaired) electrons. The smallest absolute Gasteiger partial charge is 0.234 e. The average molecular weight is 268 g/mol. The highest BCUT2D eigenvalue weighted by Gasteiger charge is 2.16. The Bertz CT molecular complexity index is 393. The number of amides is 1. The number of aryl methyl sites for hydroxylation is 2. The van der Waals surface area contributed by atoms with Crippen molar-refractivity contribution in [2.75, 3.05) is 24.2 Å². The summed E-state index contributed by atoms with van der Waals surface area (Å²) in [6, 6.07) is 0. The Balaban J connectivity index is 1.78. The van der Waals surface area contributed by atoms with E-state index in [1.54, 1.807) is 11.8 Å². The molecule has 0 unspecified atom stereocenters. The molecular formula is C12H20N4OS. The Kier molecular flexibility index (Phi) is 4.66. The van der Waals surface area contributed by atoms with Gasteiger partial charge >= 0.3 is 0 Å². The van der Waals surface area contributed by atoms with Crippen LogP contribution in [0.5, 0.6) is 0 Å². The van der Waals surface area contributed by atoms with Crippen LogP contribution in [0, 0.1) is 13.8 Å². The summed E-state index contributed by atoms with van der Waals surface area (Å²) in [5, 5.41) is 13.8. The van der Waals surface area contributed by atoms with Crippen LogP contribution in [0.1, 0.15) is 24.2 Å². The molecule has 0 saturated carbocycles. The number of nitrogens with one attached hydrogen (secondary N) is 3. The van der Waals surface area contributed by atoms with Crippen molar-refractivity contribution in [1.82, 2.24) is 15.5 Å². The predicted octanol–water partition coefficient (Wildman–Crippen LogP) is 1.45. The van der Waals surface area contributed by atoms with Gasteiger partial charge in [-0.15, -0.1) is 11.8 Å². The second-order valence-corrected chi connectivity index (χ2v) is 5.91. The van der Waals surface area contributed by atoms with E-state index in [9.17, 15) is 4.79 Å². The first kappa shape index (κ1) is 13.4. The molecule has 0 spiro atoms. The number of carbonyl (C=O) groups is 1. The monoisotopic (exact) mass is 268 g/mol. The van der Waals surface area contributed by atoms with Crippen molar-refractivity contribution in [3.8, 4) is 0 Å². The van der Waals surface area contributed by atoms with Gasteiger partial charge in [-0.05, 0) is 39.8 Å². The van der Waals surface area contributed by atoms with Crippen molar-refractivity contribution in [3.63, 3.8) is 0 Å². The molecule has 18 heavy (non-hydrogen) atoms. The van der Waals surface area contributed by atoms with Gasteiger partial charge in [0.1, 0.15) is 0 Å². The molecule has 100 valence electrons. The fourth-order valence-electron chi connectivity index (χ4n) is 2.07. The van der Waals surface area contributed by atoms with Crippen molar-refractivity contribution < 1.29 is 4.79 Å². The molecule has 3 N–H and O–H groups in total. The number of hydrogen-bond donors (Lipinski definition) is 3. The lowest BCUT2D eigenvalue weighted by atomic mass is 10.2. The van der Waals surface area contributed by atoms with Gasteiger partial charge in [-0.2, -0.15) is 5.10 Å². The van der Waals surface area contributed by atoms with E-state index in [1.165, 1.54) is 0 Å². The van der Waals surface area contributed by atoms with E-state index < -0.39 is 0 Å². The molecule has 6 heteroatoms. The summed E-state index contributed by atoms with van der Waals surface area (Å²) in [4.78, 5) is 11.9. The van der Waals surface area contributed by atoms with Gasteiger partial charge in [0.2, 0.25) is 5.91 Å². The Morgan fingerprint density at radius 1 is 1.44 bits per heavy atom. The Morgan fingerprint density at radius 3 is 2.78 bits per heavy atom. The Morgan fingerprint density at radius 2 is 2.17 bits per heavy atom. The quantitative estimate of drug-likeness (QED) is 0.773. The lowest BCUT2D eigenvalue weighted by molar-refractivity contribution is -0.113. The molecule has 5 nitrogen and oxygen atoms in total. The molecule has 0 aromatic carbocycles. The van der Waals surface area contributed by atoms with E-state index >= 15 is 0 Å². The van der Waals surface area contributed by atoms with Crippen LogP contribution >= 0.6 is 11.8 Å². The number of thioether (sulfide) groups is 1. The van der Waals surface area contributed by atoms with Gasteiger partial charge in [0.25, 0.3) is 0 Å². The minimum absolute atomic E-state index is 0.0612. The van der Waals surface area contributed by atoms with E-state index in [-0.39, 0.29) is 5.91 Å². The maximum atomic E-state index is 11.9. The van der Waals surface area contributed by atoms with E-state index in [2.05, 4.69) is 20.8 Å². The number of aromatic nitrogens is 2. The van der Waals surface area contributed by atoms with Crippen LogP contribution in [0.2, 0.25) is 0 Å². The van der Waals surface area contributed by atoms with E-state index in [0.717, 1.165) is 43.0 Å². The second kappa shape index (κ2) is 6.24. The molecule has 1 amide bonds. The van der Waals surface area contributed by atoms with Crippen LogP contribution in [0.4, 0.5) is 5.69 Å². The summed E-state index contributed by atoms with van der Waals surface area (Å²) in [7, 11) is 0. The summed E-state index contributed by atoms with van der Waals surface area (Å²) in [5.74, 6) is 0.584. The van der Waals surface area contributed by atoms with Crippen LogP contribution in [0.25, 0.3) is 0 Å². The molecule has 2 heterocycles. The van der Waals surface area contributed by atoms with Crippen LogP contribution in [-0.4, -0.2) is 40.2 Å². The first-order chi connectivity index (χ1) is 8.66. The van der Waals surface area contributed by atoms with E-state index in [1.807, 2.05) is 13.8 Å². The third-order valence-electron chi connectivity index (χ3n) is 3.13. The Hall–Kier alpha value is -1.01. The third kappa shape index (κ3) is 3.49. The first-order valence-electron chi connectivity index (χ1n) is 6.30. The van der Waals surface area contributed by atoms with E-state index in [0.29, 0.717) is 11.0 Å². The summed E-state index contributed by atoms with van der Waals surface area (Å²) >= 11 is 1.76. The topological polar surface area (TPSA) is 69.8 Å². The molecule has 0 atom stereocenters. The number of aromatic amines is 1. The number of piperidine rings is 1. The van der Waals surface area contributed by atoms with Crippen LogP contribution in [-0.2, 0) is 4.79 Å². The molecule has 1 aliphatic rings. The van der Waals surface area contributed by atoms with Gasteiger partial charge in [-0.3, -0.25) is 9.89 Å². The maximum absolute atomic E-state index is 11.9. The van der Waals surface area contributed by atoms with Gasteiger partial charge in [0, 0.05) is 5.25 Å². The summed E-state index contributed by atoms with van der Waals surface area (Å²) in [6.45, 7) is 5.94. The van der Waals surface area contributed by atoms with Crippen LogP contribution in [0.15, 0.2) is 0 Å². The Labute approximate surface area is 111 Å². The highest BCUT2D eigenvalue weighted by atomic mass is 32.2. The van der Waals surface area contributed by atoms with Gasteiger partial charge < -0.3 is 10.6 Å². The molecule has 0 aliphatic carbocycles. The predicted molar refractivity (Wildman–Crippen MR) is 75.0 cm³/mol. The van der Waals surface area contributed by atoms with Gasteiger partial charge in [0.05, 0.1) is 22.8 Å². The zero-order chi connectivity index (χ0) is 13.0. The first-order valence-corrected chi connectivity index (χ1v) is 7.35. The summed E-state index contributed by atoms with van der Waals surface area (Å²) in [5.41, 5.74) is 2.58. The lowest BCUT2D eigenvalue weighted by Crippen LogP contribution is -2.30. The van der Waals surface area contributed by atoms with Crippen molar-refractivity contribution in [2.45, 2.75) is 31.9 Å². The molecule has 1 saturated heterocycles. The van der Waals surface area contributed by atoms with Crippen molar-refractivity contribution >= 4 is 23.4 Å². The molecule has 1 fully saturated rings. The largest absolute Gasteiger partial charge is 0.322 e. The standard InChI is InChI=1S/C12H20N4OS/c1-8-12(9(2)16-15-8)14-11(17)7-18-10-3-5-13-6-4-10/h10,13H,3-7H2,1-2H3,(H,14,17)(H,15,16). The minimum atomic E-state index is 0.0612. The fraction of sp³-hybridized carbons (Fsp3) is 0.667. The van der Waals surface area contributed by atoms with Gasteiger partial charge in [-0.1, -0.05) is 0 Å². The maximum Gasteiger partial charge on any atom is 0.234 e. The third-order valence-corrected chi connectivity index (χ3v) is 4.50. The number of nitrogens with zero attached hydrogens (tertiary/aromatic N) is 1. The van der Waals surface area contributed by atoms with Gasteiger partial charge in [-0.25, -0.2) is 0 Å². The summed E-state index contributed by atoms with van der Waals surface area (Å²) in [6.07, 6.45) is 2.31. The number of anilines is 1. The van der Waals surface area contributed by atoms with Crippen molar-refractivity contribution in [2.24, 2.45) is 0 Å². The average Bonchev–Trinajstić information content (AvgIpc) is 2.69. The SMILES string of the molecule is Cc1n[nH]c(C)c1NC(=O)CSC1CCNCC1. The van der Waals surface area contributed by atoms with Gasteiger partial charge in [0.15, 0.2) is 0 Å². The van der Waals surface area contributed by atoms with E-state index in [4.69, 9.17) is 0 Å². The molecule has 0 bridgehead atoms. The highest BCUT2D eigenvalue weighted by Crippen LogP contribution is 2.21. The summed E-state index contributed by atoms with van der Waals surface area (Å²) < 4.78 is 0. The van der Waals surface area contributed by atoms with Crippen LogP contribution < -0.4 is 10.6 Å². The van der Waals surface area contributed by atoms with Crippen LogP contribution in [0.3, 0.4) is 0 Å². The number of H-pyrrole nitrogens is 1. The molecule has 1 aromatic rings.